The van der Waals surface area contributed by atoms with Gasteiger partial charge in [0.2, 0.25) is 6.54 Å². The van der Waals surface area contributed by atoms with Gasteiger partial charge in [-0.25, -0.2) is 0 Å². The first-order valence-electron chi connectivity index (χ1n) is 5.36. The van der Waals surface area contributed by atoms with Gasteiger partial charge in [-0.3, -0.25) is 14.9 Å². The molecule has 2 atom stereocenters. The van der Waals surface area contributed by atoms with Crippen molar-refractivity contribution in [3.8, 4) is 0 Å². The lowest BCUT2D eigenvalue weighted by Gasteiger charge is -2.15. The lowest BCUT2D eigenvalue weighted by Crippen LogP contribution is -2.23. The minimum absolute atomic E-state index is 0.128. The molecular weight excluding hydrogens is 210 g/mol. The highest BCUT2D eigenvalue weighted by atomic mass is 16.6. The van der Waals surface area contributed by atoms with Gasteiger partial charge in [0.15, 0.2) is 0 Å². The minimum Gasteiger partial charge on any atom is -0.469 e. The highest BCUT2D eigenvalue weighted by Gasteiger charge is 2.37. The molecule has 1 aliphatic rings. The zero-order valence-corrected chi connectivity index (χ0v) is 8.80. The molecule has 1 fully saturated rings. The summed E-state index contributed by atoms with van der Waals surface area (Å²) in [5.74, 6) is 0.0387. The smallest absolute Gasteiger partial charge is 0.214 e. The second kappa shape index (κ2) is 4.47. The summed E-state index contributed by atoms with van der Waals surface area (Å²) in [7, 11) is 0. The van der Waals surface area contributed by atoms with Gasteiger partial charge in [-0.15, -0.1) is 0 Å². The van der Waals surface area contributed by atoms with Crippen LogP contribution >= 0.6 is 0 Å². The van der Waals surface area contributed by atoms with Crippen LogP contribution in [0.15, 0.2) is 22.8 Å². The Morgan fingerprint density at radius 1 is 1.62 bits per heavy atom. The van der Waals surface area contributed by atoms with Crippen molar-refractivity contribution < 1.29 is 14.1 Å². The number of carbonyl (C=O) groups excluding carboxylic acids is 1. The van der Waals surface area contributed by atoms with Gasteiger partial charge in [-0.2, -0.15) is 0 Å². The molecule has 0 radical (unpaired) electrons. The normalized spacial score (nSPS) is 22.2. The third-order valence-electron chi connectivity index (χ3n) is 3.09. The molecule has 16 heavy (non-hydrogen) atoms. The Morgan fingerprint density at radius 2 is 2.44 bits per heavy atom. The summed E-state index contributed by atoms with van der Waals surface area (Å²) in [4.78, 5) is 21.9. The maximum absolute atomic E-state index is 11.6. The van der Waals surface area contributed by atoms with Gasteiger partial charge >= 0.3 is 0 Å². The van der Waals surface area contributed by atoms with Crippen molar-refractivity contribution in [2.45, 2.75) is 25.2 Å². The highest BCUT2D eigenvalue weighted by molar-refractivity contribution is 5.83. The van der Waals surface area contributed by atoms with E-state index in [-0.39, 0.29) is 23.2 Å². The molecule has 5 heteroatoms. The number of hydrogen-bond donors (Lipinski definition) is 0. The second-order valence-electron chi connectivity index (χ2n) is 4.10. The Morgan fingerprint density at radius 3 is 2.94 bits per heavy atom. The molecule has 2 rings (SSSR count). The molecule has 0 spiro atoms. The lowest BCUT2D eigenvalue weighted by molar-refractivity contribution is -0.484. The third kappa shape index (κ3) is 2.13. The largest absolute Gasteiger partial charge is 0.469 e. The quantitative estimate of drug-likeness (QED) is 0.578. The molecule has 0 aromatic carbocycles. The van der Waals surface area contributed by atoms with Crippen LogP contribution < -0.4 is 0 Å². The fraction of sp³-hybridized carbons (Fsp3) is 0.545. The van der Waals surface area contributed by atoms with Crippen molar-refractivity contribution >= 4 is 5.78 Å². The van der Waals surface area contributed by atoms with E-state index in [4.69, 9.17) is 4.42 Å². The topological polar surface area (TPSA) is 73.3 Å². The van der Waals surface area contributed by atoms with E-state index in [1.54, 1.807) is 12.1 Å². The molecule has 0 N–H and O–H groups in total. The fourth-order valence-electron chi connectivity index (χ4n) is 2.35. The molecule has 5 nitrogen and oxygen atoms in total. The van der Waals surface area contributed by atoms with E-state index in [1.165, 1.54) is 6.26 Å². The molecule has 0 bridgehead atoms. The van der Waals surface area contributed by atoms with Crippen LogP contribution in [0, 0.1) is 16.0 Å². The fourth-order valence-corrected chi connectivity index (χ4v) is 2.35. The summed E-state index contributed by atoms with van der Waals surface area (Å²) in [6, 6.07) is 3.40. The SMILES string of the molecule is O=C1CCCC1C(C[N+](=O)[O-])c1ccco1. The molecule has 1 aromatic rings. The zero-order valence-electron chi connectivity index (χ0n) is 8.80. The Hall–Kier alpha value is -1.65. The van der Waals surface area contributed by atoms with Crippen LogP contribution in [0.5, 0.6) is 0 Å². The van der Waals surface area contributed by atoms with Gasteiger partial charge in [-0.1, -0.05) is 0 Å². The van der Waals surface area contributed by atoms with E-state index in [0.29, 0.717) is 12.2 Å². The molecule has 2 unspecified atom stereocenters. The van der Waals surface area contributed by atoms with Crippen molar-refractivity contribution in [1.82, 2.24) is 0 Å². The Labute approximate surface area is 92.6 Å². The lowest BCUT2D eigenvalue weighted by atomic mass is 9.88. The Bertz CT molecular complexity index is 385. The monoisotopic (exact) mass is 223 g/mol. The van der Waals surface area contributed by atoms with E-state index < -0.39 is 5.92 Å². The van der Waals surface area contributed by atoms with Crippen molar-refractivity contribution in [1.29, 1.82) is 0 Å². The number of carbonyl (C=O) groups is 1. The van der Waals surface area contributed by atoms with E-state index in [1.807, 2.05) is 0 Å². The number of nitro groups is 1. The van der Waals surface area contributed by atoms with Gasteiger partial charge in [0.05, 0.1) is 12.2 Å². The summed E-state index contributed by atoms with van der Waals surface area (Å²) >= 11 is 0. The average Bonchev–Trinajstić information content (AvgIpc) is 2.84. The average molecular weight is 223 g/mol. The van der Waals surface area contributed by atoms with Crippen LogP contribution in [0.2, 0.25) is 0 Å². The van der Waals surface area contributed by atoms with Gasteiger partial charge in [-0.05, 0) is 25.0 Å². The summed E-state index contributed by atoms with van der Waals surface area (Å²) < 4.78 is 5.20. The molecule has 1 saturated carbocycles. The molecule has 0 amide bonds. The van der Waals surface area contributed by atoms with E-state index in [2.05, 4.69) is 0 Å². The standard InChI is InChI=1S/C11H13NO4/c13-10-4-1-3-8(10)9(7-12(14)15)11-5-2-6-16-11/h2,5-6,8-9H,1,3-4,7H2. The first-order chi connectivity index (χ1) is 7.68. The second-order valence-corrected chi connectivity index (χ2v) is 4.10. The van der Waals surface area contributed by atoms with Crippen LogP contribution in [-0.4, -0.2) is 17.3 Å². The molecule has 0 saturated heterocycles. The Kier molecular flexibility index (Phi) is 3.03. The molecule has 1 aliphatic carbocycles. The first-order valence-corrected chi connectivity index (χ1v) is 5.36. The van der Waals surface area contributed by atoms with Crippen molar-refractivity contribution in [2.75, 3.05) is 6.54 Å². The van der Waals surface area contributed by atoms with Crippen LogP contribution in [-0.2, 0) is 4.79 Å². The predicted molar refractivity (Wildman–Crippen MR) is 55.7 cm³/mol. The van der Waals surface area contributed by atoms with E-state index in [9.17, 15) is 14.9 Å². The van der Waals surface area contributed by atoms with Crippen LogP contribution in [0.25, 0.3) is 0 Å². The number of nitrogens with zero attached hydrogens (tertiary/aromatic N) is 1. The van der Waals surface area contributed by atoms with Crippen LogP contribution in [0.3, 0.4) is 0 Å². The summed E-state index contributed by atoms with van der Waals surface area (Å²) in [6.07, 6.45) is 3.59. The number of furan rings is 1. The molecule has 86 valence electrons. The number of rotatable bonds is 4. The maximum atomic E-state index is 11.6. The first kappa shape index (κ1) is 10.9. The molecule has 1 aromatic heterocycles. The number of hydrogen-bond acceptors (Lipinski definition) is 4. The summed E-state index contributed by atoms with van der Waals surface area (Å²) in [6.45, 7) is -0.232. The molecule has 0 aliphatic heterocycles. The molecular formula is C11H13NO4. The van der Waals surface area contributed by atoms with Crippen molar-refractivity contribution in [3.05, 3.63) is 34.3 Å². The van der Waals surface area contributed by atoms with Gasteiger partial charge in [0.25, 0.3) is 0 Å². The summed E-state index contributed by atoms with van der Waals surface area (Å²) in [5.41, 5.74) is 0. The van der Waals surface area contributed by atoms with Gasteiger partial charge < -0.3 is 4.42 Å². The van der Waals surface area contributed by atoms with Crippen LogP contribution in [0.4, 0.5) is 0 Å². The van der Waals surface area contributed by atoms with Crippen molar-refractivity contribution in [3.63, 3.8) is 0 Å². The van der Waals surface area contributed by atoms with Gasteiger partial charge in [0.1, 0.15) is 11.5 Å². The van der Waals surface area contributed by atoms with Gasteiger partial charge in [0, 0.05) is 17.3 Å². The maximum Gasteiger partial charge on any atom is 0.214 e. The minimum atomic E-state index is -0.403. The summed E-state index contributed by atoms with van der Waals surface area (Å²) in [5, 5.41) is 10.6. The van der Waals surface area contributed by atoms with Crippen LogP contribution in [0.1, 0.15) is 30.9 Å². The number of ketones is 1. The van der Waals surface area contributed by atoms with Crippen molar-refractivity contribution in [2.24, 2.45) is 5.92 Å². The third-order valence-corrected chi connectivity index (χ3v) is 3.09. The predicted octanol–water partition coefficient (Wildman–Crippen LogP) is 2.01. The number of Topliss-reactive ketones (excluding diaryl/α,β-unsaturated/α-hetero) is 1. The van der Waals surface area contributed by atoms with E-state index in [0.717, 1.165) is 12.8 Å². The zero-order chi connectivity index (χ0) is 11.5. The Balaban J connectivity index is 2.20. The van der Waals surface area contributed by atoms with E-state index >= 15 is 0 Å². The molecule has 1 heterocycles. The highest BCUT2D eigenvalue weighted by Crippen LogP contribution is 2.35.